The van der Waals surface area contributed by atoms with Gasteiger partial charge in [-0.3, -0.25) is 9.59 Å². The summed E-state index contributed by atoms with van der Waals surface area (Å²) in [6.07, 6.45) is 1.29. The zero-order chi connectivity index (χ0) is 18.7. The molecule has 2 fully saturated rings. The number of aromatic nitrogens is 1. The summed E-state index contributed by atoms with van der Waals surface area (Å²) in [5, 5.41) is 2.78. The van der Waals surface area contributed by atoms with Crippen LogP contribution in [0.25, 0.3) is 0 Å². The normalized spacial score (nSPS) is 18.4. The van der Waals surface area contributed by atoms with E-state index in [1.807, 2.05) is 18.2 Å². The van der Waals surface area contributed by atoms with Gasteiger partial charge in [-0.2, -0.15) is 0 Å². The molecule has 0 atom stereocenters. The Morgan fingerprint density at radius 2 is 1.59 bits per heavy atom. The van der Waals surface area contributed by atoms with Gasteiger partial charge in [-0.15, -0.1) is 0 Å². The molecule has 1 N–H and O–H groups in total. The summed E-state index contributed by atoms with van der Waals surface area (Å²) in [7, 11) is 0. The number of nitrogens with one attached hydrogen (secondary N) is 1. The van der Waals surface area contributed by atoms with E-state index in [9.17, 15) is 9.59 Å². The molecule has 0 bridgehead atoms. The molecular formula is C20H21N3O4. The minimum absolute atomic E-state index is 0.183. The van der Waals surface area contributed by atoms with Crippen LogP contribution in [0.2, 0.25) is 0 Å². The molecule has 7 nitrogen and oxygen atoms in total. The Morgan fingerprint density at radius 3 is 2.30 bits per heavy atom. The van der Waals surface area contributed by atoms with E-state index < -0.39 is 5.79 Å². The van der Waals surface area contributed by atoms with Gasteiger partial charge in [0.05, 0.1) is 13.2 Å². The molecule has 140 valence electrons. The van der Waals surface area contributed by atoms with Gasteiger partial charge >= 0.3 is 0 Å². The Morgan fingerprint density at radius 1 is 0.926 bits per heavy atom. The van der Waals surface area contributed by atoms with Crippen molar-refractivity contribution in [2.24, 2.45) is 0 Å². The fourth-order valence-corrected chi connectivity index (χ4v) is 3.40. The van der Waals surface area contributed by atoms with Crippen LogP contribution < -0.4 is 5.32 Å². The molecule has 7 heteroatoms. The number of likely N-dealkylation sites (tertiary alicyclic amines) is 1. The van der Waals surface area contributed by atoms with Crippen LogP contribution in [-0.2, 0) is 9.47 Å². The van der Waals surface area contributed by atoms with Crippen molar-refractivity contribution < 1.29 is 19.1 Å². The number of pyridine rings is 1. The lowest BCUT2D eigenvalue weighted by atomic mass is 10.0. The largest absolute Gasteiger partial charge is 0.347 e. The highest BCUT2D eigenvalue weighted by atomic mass is 16.7. The molecule has 2 aliphatic heterocycles. The Labute approximate surface area is 157 Å². The fraction of sp³-hybridized carbons (Fsp3) is 0.350. The number of amides is 2. The zero-order valence-electron chi connectivity index (χ0n) is 14.9. The first-order chi connectivity index (χ1) is 13.2. The number of piperidine rings is 1. The maximum absolute atomic E-state index is 12.8. The molecule has 3 heterocycles. The van der Waals surface area contributed by atoms with Crippen molar-refractivity contribution in [1.82, 2.24) is 9.88 Å². The molecule has 2 saturated heterocycles. The van der Waals surface area contributed by atoms with E-state index in [1.54, 1.807) is 35.2 Å². The van der Waals surface area contributed by atoms with Crippen LogP contribution in [0.3, 0.4) is 0 Å². The molecule has 0 saturated carbocycles. The average Bonchev–Trinajstić information content (AvgIpc) is 3.17. The summed E-state index contributed by atoms with van der Waals surface area (Å²) in [5.74, 6) is -1.06. The minimum Gasteiger partial charge on any atom is -0.347 e. The predicted octanol–water partition coefficient (Wildman–Crippen LogP) is 2.31. The third-order valence-electron chi connectivity index (χ3n) is 4.86. The first-order valence-electron chi connectivity index (χ1n) is 9.06. The van der Waals surface area contributed by atoms with Crippen molar-refractivity contribution in [2.45, 2.75) is 18.6 Å². The monoisotopic (exact) mass is 367 g/mol. The third-order valence-corrected chi connectivity index (χ3v) is 4.86. The van der Waals surface area contributed by atoms with Crippen LogP contribution in [0.15, 0.2) is 48.5 Å². The van der Waals surface area contributed by atoms with E-state index in [-0.39, 0.29) is 23.2 Å². The van der Waals surface area contributed by atoms with Crippen molar-refractivity contribution in [3.05, 3.63) is 59.9 Å². The van der Waals surface area contributed by atoms with E-state index in [1.165, 1.54) is 0 Å². The molecule has 2 aliphatic rings. The number of carbonyl (C=O) groups excluding carboxylic acids is 2. The smallest absolute Gasteiger partial charge is 0.274 e. The maximum atomic E-state index is 12.8. The first-order valence-corrected chi connectivity index (χ1v) is 9.06. The van der Waals surface area contributed by atoms with E-state index >= 15 is 0 Å². The SMILES string of the molecule is O=C(Nc1ccccc1)c1cccc(C(=O)N2CCC3(CC2)OCCO3)n1. The Kier molecular flexibility index (Phi) is 4.87. The molecular weight excluding hydrogens is 346 g/mol. The van der Waals surface area contributed by atoms with Crippen molar-refractivity contribution in [3.8, 4) is 0 Å². The van der Waals surface area contributed by atoms with Gasteiger partial charge in [-0.1, -0.05) is 24.3 Å². The molecule has 1 spiro atoms. The molecule has 0 aliphatic carbocycles. The van der Waals surface area contributed by atoms with Crippen molar-refractivity contribution >= 4 is 17.5 Å². The average molecular weight is 367 g/mol. The maximum Gasteiger partial charge on any atom is 0.274 e. The predicted molar refractivity (Wildman–Crippen MR) is 98.4 cm³/mol. The second kappa shape index (κ2) is 7.46. The lowest BCUT2D eigenvalue weighted by molar-refractivity contribution is -0.181. The number of hydrogen-bond donors (Lipinski definition) is 1. The number of hydrogen-bond acceptors (Lipinski definition) is 5. The van der Waals surface area contributed by atoms with Gasteiger partial charge in [0.15, 0.2) is 5.79 Å². The summed E-state index contributed by atoms with van der Waals surface area (Å²) < 4.78 is 11.4. The topological polar surface area (TPSA) is 80.8 Å². The summed E-state index contributed by atoms with van der Waals surface area (Å²) >= 11 is 0. The van der Waals surface area contributed by atoms with E-state index in [0.29, 0.717) is 44.8 Å². The molecule has 2 amide bonds. The highest BCUT2D eigenvalue weighted by Gasteiger charge is 2.41. The number of carbonyl (C=O) groups is 2. The highest BCUT2D eigenvalue weighted by molar-refractivity contribution is 6.03. The number of nitrogens with zero attached hydrogens (tertiary/aromatic N) is 2. The zero-order valence-corrected chi connectivity index (χ0v) is 14.9. The second-order valence-corrected chi connectivity index (χ2v) is 6.63. The third kappa shape index (κ3) is 3.84. The lowest BCUT2D eigenvalue weighted by Crippen LogP contribution is -2.47. The standard InChI is InChI=1S/C20H21N3O4/c24-18(21-15-5-2-1-3-6-15)16-7-4-8-17(22-16)19(25)23-11-9-20(10-12-23)26-13-14-27-20/h1-8H,9-14H2,(H,21,24). The second-order valence-electron chi connectivity index (χ2n) is 6.63. The summed E-state index contributed by atoms with van der Waals surface area (Å²) in [5.41, 5.74) is 1.15. The Hall–Kier alpha value is -2.77. The fourth-order valence-electron chi connectivity index (χ4n) is 3.40. The van der Waals surface area contributed by atoms with Gasteiger partial charge < -0.3 is 19.7 Å². The minimum atomic E-state index is -0.526. The number of anilines is 1. The number of para-hydroxylation sites is 1. The van der Waals surface area contributed by atoms with Gasteiger partial charge in [0.25, 0.3) is 11.8 Å². The molecule has 1 aromatic carbocycles. The molecule has 1 aromatic heterocycles. The van der Waals surface area contributed by atoms with E-state index in [4.69, 9.17) is 9.47 Å². The van der Waals surface area contributed by atoms with Crippen LogP contribution in [0, 0.1) is 0 Å². The Bertz CT molecular complexity index is 824. The van der Waals surface area contributed by atoms with Crippen LogP contribution in [0.4, 0.5) is 5.69 Å². The first kappa shape index (κ1) is 17.6. The Balaban J connectivity index is 1.42. The van der Waals surface area contributed by atoms with Gasteiger partial charge in [-0.25, -0.2) is 4.98 Å². The quantitative estimate of drug-likeness (QED) is 0.900. The summed E-state index contributed by atoms with van der Waals surface area (Å²) in [6.45, 7) is 2.30. The number of rotatable bonds is 3. The summed E-state index contributed by atoms with van der Waals surface area (Å²) in [6, 6.07) is 14.0. The highest BCUT2D eigenvalue weighted by Crippen LogP contribution is 2.31. The summed E-state index contributed by atoms with van der Waals surface area (Å²) in [4.78, 5) is 31.2. The van der Waals surface area contributed by atoms with Crippen LogP contribution >= 0.6 is 0 Å². The molecule has 4 rings (SSSR count). The van der Waals surface area contributed by atoms with Gasteiger partial charge in [0, 0.05) is 31.6 Å². The van der Waals surface area contributed by atoms with Gasteiger partial charge in [0.2, 0.25) is 0 Å². The van der Waals surface area contributed by atoms with E-state index in [0.717, 1.165) is 0 Å². The van der Waals surface area contributed by atoms with E-state index in [2.05, 4.69) is 10.3 Å². The van der Waals surface area contributed by atoms with Crippen molar-refractivity contribution in [1.29, 1.82) is 0 Å². The molecule has 2 aromatic rings. The van der Waals surface area contributed by atoms with Gasteiger partial charge in [-0.05, 0) is 24.3 Å². The van der Waals surface area contributed by atoms with Crippen LogP contribution in [-0.4, -0.2) is 53.8 Å². The molecule has 27 heavy (non-hydrogen) atoms. The molecule has 0 unspecified atom stereocenters. The number of benzene rings is 1. The van der Waals surface area contributed by atoms with Gasteiger partial charge in [0.1, 0.15) is 11.4 Å². The lowest BCUT2D eigenvalue weighted by Gasteiger charge is -2.37. The van der Waals surface area contributed by atoms with Crippen LogP contribution in [0.1, 0.15) is 33.8 Å². The van der Waals surface area contributed by atoms with Crippen molar-refractivity contribution in [3.63, 3.8) is 0 Å². The molecule has 0 radical (unpaired) electrons. The number of ether oxygens (including phenoxy) is 2. The van der Waals surface area contributed by atoms with Crippen molar-refractivity contribution in [2.75, 3.05) is 31.6 Å². The van der Waals surface area contributed by atoms with Crippen LogP contribution in [0.5, 0.6) is 0 Å².